The molecule has 0 spiro atoms. The highest BCUT2D eigenvalue weighted by Crippen LogP contribution is 2.33. The highest BCUT2D eigenvalue weighted by Gasteiger charge is 2.35. The van der Waals surface area contributed by atoms with E-state index in [1.54, 1.807) is 0 Å². The Morgan fingerprint density at radius 3 is 2.27 bits per heavy atom. The maximum Gasteiger partial charge on any atom is 0.416 e. The van der Waals surface area contributed by atoms with Crippen molar-refractivity contribution in [1.29, 1.82) is 0 Å². The SMILES string of the molecule is Cl.NC1CCN(S(=O)(=O)Cc2ccccc2C(F)(F)F)CC1. The zero-order valence-electron chi connectivity index (χ0n) is 11.7. The minimum Gasteiger partial charge on any atom is -0.328 e. The van der Waals surface area contributed by atoms with E-state index in [1.165, 1.54) is 22.5 Å². The number of nitrogens with two attached hydrogens (primary N) is 1. The van der Waals surface area contributed by atoms with Gasteiger partial charge in [-0.3, -0.25) is 0 Å². The summed E-state index contributed by atoms with van der Waals surface area (Å²) >= 11 is 0. The molecule has 0 unspecified atom stereocenters. The summed E-state index contributed by atoms with van der Waals surface area (Å²) < 4.78 is 64.4. The summed E-state index contributed by atoms with van der Waals surface area (Å²) in [5.74, 6) is -0.641. The Morgan fingerprint density at radius 2 is 1.73 bits per heavy atom. The van der Waals surface area contributed by atoms with Crippen LogP contribution in [0.4, 0.5) is 13.2 Å². The van der Waals surface area contributed by atoms with Crippen LogP contribution in [0.25, 0.3) is 0 Å². The van der Waals surface area contributed by atoms with Crippen LogP contribution in [-0.2, 0) is 22.0 Å². The number of benzene rings is 1. The van der Waals surface area contributed by atoms with Gasteiger partial charge in [0, 0.05) is 19.1 Å². The molecule has 1 aromatic carbocycles. The molecule has 0 radical (unpaired) electrons. The quantitative estimate of drug-likeness (QED) is 0.902. The molecular weight excluding hydrogens is 341 g/mol. The molecule has 0 aliphatic carbocycles. The van der Waals surface area contributed by atoms with E-state index in [1.807, 2.05) is 0 Å². The topological polar surface area (TPSA) is 63.4 Å². The van der Waals surface area contributed by atoms with E-state index >= 15 is 0 Å². The van der Waals surface area contributed by atoms with E-state index < -0.39 is 27.5 Å². The van der Waals surface area contributed by atoms with Crippen molar-refractivity contribution < 1.29 is 21.6 Å². The average Bonchev–Trinajstić information content (AvgIpc) is 2.38. The average molecular weight is 359 g/mol. The van der Waals surface area contributed by atoms with Gasteiger partial charge in [0.1, 0.15) is 0 Å². The number of nitrogens with zero attached hydrogens (tertiary/aromatic N) is 1. The van der Waals surface area contributed by atoms with Crippen LogP contribution in [0, 0.1) is 0 Å². The lowest BCUT2D eigenvalue weighted by Crippen LogP contribution is -2.43. The number of hydrogen-bond donors (Lipinski definition) is 1. The Bertz CT molecular complexity index is 600. The molecule has 1 heterocycles. The van der Waals surface area contributed by atoms with E-state index in [0.717, 1.165) is 6.07 Å². The molecular formula is C13H18ClF3N2O2S. The molecule has 1 fully saturated rings. The Morgan fingerprint density at radius 1 is 1.18 bits per heavy atom. The molecule has 1 aliphatic heterocycles. The standard InChI is InChI=1S/C13H17F3N2O2S.ClH/c14-13(15,16)12-4-2-1-3-10(12)9-21(19,20)18-7-5-11(17)6-8-18;/h1-4,11H,5-9,17H2;1H. The Balaban J connectivity index is 0.00000242. The summed E-state index contributed by atoms with van der Waals surface area (Å²) in [5, 5.41) is 0. The number of alkyl halides is 3. The molecule has 0 aromatic heterocycles. The van der Waals surface area contributed by atoms with Crippen molar-refractivity contribution >= 4 is 22.4 Å². The number of halogens is 4. The monoisotopic (exact) mass is 358 g/mol. The van der Waals surface area contributed by atoms with E-state index in [9.17, 15) is 21.6 Å². The van der Waals surface area contributed by atoms with Crippen LogP contribution in [0.3, 0.4) is 0 Å². The maximum atomic E-state index is 12.9. The zero-order valence-corrected chi connectivity index (χ0v) is 13.3. The smallest absolute Gasteiger partial charge is 0.328 e. The molecule has 2 N–H and O–H groups in total. The molecule has 4 nitrogen and oxygen atoms in total. The summed E-state index contributed by atoms with van der Waals surface area (Å²) in [6.07, 6.45) is -3.50. The van der Waals surface area contributed by atoms with Crippen LogP contribution < -0.4 is 5.73 Å². The molecule has 22 heavy (non-hydrogen) atoms. The van der Waals surface area contributed by atoms with Crippen LogP contribution in [0.2, 0.25) is 0 Å². The van der Waals surface area contributed by atoms with Gasteiger partial charge in [0.2, 0.25) is 10.0 Å². The summed E-state index contributed by atoms with van der Waals surface area (Å²) in [4.78, 5) is 0. The third-order valence-electron chi connectivity index (χ3n) is 3.55. The predicted molar refractivity (Wildman–Crippen MR) is 80.1 cm³/mol. The second-order valence-corrected chi connectivity index (χ2v) is 7.12. The minimum atomic E-state index is -4.56. The second-order valence-electron chi connectivity index (χ2n) is 5.15. The van der Waals surface area contributed by atoms with Gasteiger partial charge in [0.25, 0.3) is 0 Å². The normalized spacial score (nSPS) is 18.0. The van der Waals surface area contributed by atoms with E-state index in [2.05, 4.69) is 0 Å². The fourth-order valence-corrected chi connectivity index (χ4v) is 3.96. The first-order valence-corrected chi connectivity index (χ1v) is 8.19. The highest BCUT2D eigenvalue weighted by molar-refractivity contribution is 7.88. The lowest BCUT2D eigenvalue weighted by Gasteiger charge is -2.29. The van der Waals surface area contributed by atoms with Crippen molar-refractivity contribution in [2.75, 3.05) is 13.1 Å². The molecule has 1 aliphatic rings. The summed E-state index contributed by atoms with van der Waals surface area (Å²) in [7, 11) is -3.76. The van der Waals surface area contributed by atoms with Gasteiger partial charge in [-0.25, -0.2) is 12.7 Å². The fraction of sp³-hybridized carbons (Fsp3) is 0.538. The molecule has 126 valence electrons. The van der Waals surface area contributed by atoms with Crippen LogP contribution >= 0.6 is 12.4 Å². The first kappa shape index (κ1) is 19.2. The summed E-state index contributed by atoms with van der Waals surface area (Å²) in [6.45, 7) is 0.523. The lowest BCUT2D eigenvalue weighted by molar-refractivity contribution is -0.138. The van der Waals surface area contributed by atoms with Crippen LogP contribution in [0.1, 0.15) is 24.0 Å². The fourth-order valence-electron chi connectivity index (χ4n) is 2.36. The van der Waals surface area contributed by atoms with Crippen LogP contribution in [0.5, 0.6) is 0 Å². The van der Waals surface area contributed by atoms with Crippen molar-refractivity contribution in [2.45, 2.75) is 30.8 Å². The van der Waals surface area contributed by atoms with Crippen molar-refractivity contribution in [3.05, 3.63) is 35.4 Å². The van der Waals surface area contributed by atoms with E-state index in [-0.39, 0.29) is 37.1 Å². The first-order chi connectivity index (χ1) is 9.70. The van der Waals surface area contributed by atoms with Gasteiger partial charge in [0.15, 0.2) is 0 Å². The Labute approximate surface area is 133 Å². The first-order valence-electron chi connectivity index (χ1n) is 6.58. The van der Waals surface area contributed by atoms with Crippen LogP contribution in [-0.4, -0.2) is 31.9 Å². The van der Waals surface area contributed by atoms with E-state index in [0.29, 0.717) is 12.8 Å². The number of rotatable bonds is 3. The molecule has 1 aromatic rings. The Kier molecular flexibility index (Phi) is 6.26. The van der Waals surface area contributed by atoms with Gasteiger partial charge >= 0.3 is 6.18 Å². The minimum absolute atomic E-state index is 0. The number of piperidine rings is 1. The van der Waals surface area contributed by atoms with Gasteiger partial charge < -0.3 is 5.73 Å². The molecule has 0 bridgehead atoms. The zero-order chi connectivity index (χ0) is 15.7. The molecule has 0 atom stereocenters. The van der Waals surface area contributed by atoms with Crippen LogP contribution in [0.15, 0.2) is 24.3 Å². The predicted octanol–water partition coefficient (Wildman–Crippen LogP) is 2.38. The van der Waals surface area contributed by atoms with Gasteiger partial charge in [0.05, 0.1) is 11.3 Å². The van der Waals surface area contributed by atoms with Gasteiger partial charge in [-0.2, -0.15) is 13.2 Å². The lowest BCUT2D eigenvalue weighted by atomic mass is 10.1. The van der Waals surface area contributed by atoms with Crippen molar-refractivity contribution in [1.82, 2.24) is 4.31 Å². The largest absolute Gasteiger partial charge is 0.416 e. The maximum absolute atomic E-state index is 12.9. The molecule has 2 rings (SSSR count). The van der Waals surface area contributed by atoms with Gasteiger partial charge in [-0.1, -0.05) is 18.2 Å². The van der Waals surface area contributed by atoms with Gasteiger partial charge in [-0.05, 0) is 24.5 Å². The van der Waals surface area contributed by atoms with Crippen molar-refractivity contribution in [3.8, 4) is 0 Å². The van der Waals surface area contributed by atoms with Gasteiger partial charge in [-0.15, -0.1) is 12.4 Å². The van der Waals surface area contributed by atoms with Crippen molar-refractivity contribution in [2.24, 2.45) is 5.73 Å². The molecule has 0 amide bonds. The second kappa shape index (κ2) is 7.16. The number of hydrogen-bond acceptors (Lipinski definition) is 3. The number of sulfonamides is 1. The third-order valence-corrected chi connectivity index (χ3v) is 5.38. The summed E-state index contributed by atoms with van der Waals surface area (Å²) in [6, 6.07) is 4.72. The van der Waals surface area contributed by atoms with Crippen molar-refractivity contribution in [3.63, 3.8) is 0 Å². The highest BCUT2D eigenvalue weighted by atomic mass is 35.5. The third kappa shape index (κ3) is 4.58. The molecule has 0 saturated carbocycles. The van der Waals surface area contributed by atoms with E-state index in [4.69, 9.17) is 5.73 Å². The molecule has 9 heteroatoms. The summed E-state index contributed by atoms with van der Waals surface area (Å²) in [5.41, 5.74) is 4.58. The molecule has 1 saturated heterocycles. The Hall–Kier alpha value is -0.830.